The molecular formula is C31H31ClN6O2S. The Hall–Kier alpha value is -3.53. The molecule has 4 aromatic rings. The predicted octanol–water partition coefficient (Wildman–Crippen LogP) is 4.81. The van der Waals surface area contributed by atoms with Crippen molar-refractivity contribution in [3.63, 3.8) is 0 Å². The van der Waals surface area contributed by atoms with E-state index in [1.807, 2.05) is 56.3 Å². The minimum absolute atomic E-state index is 0.0177. The fourth-order valence-electron chi connectivity index (χ4n) is 6.18. The van der Waals surface area contributed by atoms with Crippen LogP contribution in [-0.2, 0) is 12.8 Å². The number of amides is 2. The van der Waals surface area contributed by atoms with E-state index in [0.717, 1.165) is 49.3 Å². The van der Waals surface area contributed by atoms with E-state index in [1.54, 1.807) is 6.20 Å². The molecule has 210 valence electrons. The smallest absolute Gasteiger partial charge is 0.282 e. The number of likely N-dealkylation sites (tertiary alicyclic amines) is 1. The molecule has 0 radical (unpaired) electrons. The second-order valence-corrected chi connectivity index (χ2v) is 12.3. The van der Waals surface area contributed by atoms with Crippen LogP contribution in [0, 0.1) is 0 Å². The number of carbonyl (C=O) groups is 2. The zero-order chi connectivity index (χ0) is 27.9. The van der Waals surface area contributed by atoms with E-state index in [1.165, 1.54) is 29.0 Å². The third-order valence-electron chi connectivity index (χ3n) is 8.52. The Bertz CT molecular complexity index is 1550. The van der Waals surface area contributed by atoms with Crippen molar-refractivity contribution in [2.24, 2.45) is 0 Å². The lowest BCUT2D eigenvalue weighted by Gasteiger charge is -2.48. The zero-order valence-electron chi connectivity index (χ0n) is 22.7. The topological polar surface area (TPSA) is 74.6 Å². The lowest BCUT2D eigenvalue weighted by atomic mass is 9.93. The Morgan fingerprint density at radius 3 is 2.29 bits per heavy atom. The van der Waals surface area contributed by atoms with Gasteiger partial charge in [0.1, 0.15) is 0 Å². The summed E-state index contributed by atoms with van der Waals surface area (Å²) < 4.78 is 2.03. The van der Waals surface area contributed by atoms with Gasteiger partial charge in [-0.2, -0.15) is 5.10 Å². The van der Waals surface area contributed by atoms with Gasteiger partial charge in [-0.25, -0.2) is 9.67 Å². The number of nitrogens with zero attached hydrogens (tertiary/aromatic N) is 6. The number of hydrogen-bond acceptors (Lipinski definition) is 6. The van der Waals surface area contributed by atoms with Crippen molar-refractivity contribution in [3.05, 3.63) is 87.0 Å². The van der Waals surface area contributed by atoms with Crippen LogP contribution in [0.15, 0.2) is 60.1 Å². The van der Waals surface area contributed by atoms with Crippen molar-refractivity contribution in [2.75, 3.05) is 39.3 Å². The van der Waals surface area contributed by atoms with Gasteiger partial charge >= 0.3 is 0 Å². The molecule has 0 spiro atoms. The van der Waals surface area contributed by atoms with Crippen LogP contribution < -0.4 is 0 Å². The molecule has 0 saturated carbocycles. The van der Waals surface area contributed by atoms with Gasteiger partial charge in [0.05, 0.1) is 17.1 Å². The molecule has 7 rings (SSSR count). The van der Waals surface area contributed by atoms with Crippen LogP contribution in [-0.4, -0.2) is 86.6 Å². The Balaban J connectivity index is 1.00. The van der Waals surface area contributed by atoms with Gasteiger partial charge in [0.15, 0.2) is 5.01 Å². The molecule has 0 bridgehead atoms. The monoisotopic (exact) mass is 586 g/mol. The highest BCUT2D eigenvalue weighted by Gasteiger charge is 2.37. The zero-order valence-corrected chi connectivity index (χ0v) is 24.3. The summed E-state index contributed by atoms with van der Waals surface area (Å²) in [5, 5.41) is 8.11. The average Bonchev–Trinajstić information content (AvgIpc) is 3.66. The fraction of sp³-hybridized carbons (Fsp3) is 0.355. The number of fused-ring (bicyclic) bond motifs is 1. The molecule has 0 N–H and O–H groups in total. The standard InChI is InChI=1S/C31H31ClN6O2S/c32-23-9-5-21(6-10-23)28-26-3-1-2-4-27(26)34-38(28)24-11-7-22(8-12-24)30(39)37-19-25(20-37)35-14-16-36(17-15-35)31(40)29-33-13-18-41-29/h5-13,18,25H,1-4,14-17,19-20H2. The summed E-state index contributed by atoms with van der Waals surface area (Å²) in [5.41, 5.74) is 6.35. The summed E-state index contributed by atoms with van der Waals surface area (Å²) in [7, 11) is 0. The van der Waals surface area contributed by atoms with Gasteiger partial charge in [-0.15, -0.1) is 11.3 Å². The Labute approximate surface area is 248 Å². The minimum atomic E-state index is 0.0177. The van der Waals surface area contributed by atoms with Crippen molar-refractivity contribution in [2.45, 2.75) is 31.7 Å². The van der Waals surface area contributed by atoms with Crippen molar-refractivity contribution in [1.82, 2.24) is 29.5 Å². The molecule has 2 saturated heterocycles. The average molecular weight is 587 g/mol. The van der Waals surface area contributed by atoms with Crippen molar-refractivity contribution in [1.29, 1.82) is 0 Å². The van der Waals surface area contributed by atoms with Gasteiger partial charge in [0, 0.05) is 78.6 Å². The number of aromatic nitrogens is 3. The first-order chi connectivity index (χ1) is 20.0. The predicted molar refractivity (Wildman–Crippen MR) is 160 cm³/mol. The van der Waals surface area contributed by atoms with E-state index < -0.39 is 0 Å². The van der Waals surface area contributed by atoms with Gasteiger partial charge in [-0.1, -0.05) is 23.7 Å². The SMILES string of the molecule is O=C(c1ccc(-n2nc3c(c2-c2ccc(Cl)cc2)CCCC3)cc1)N1CC(N2CCN(C(=O)c3nccs3)CC2)C1. The number of carbonyl (C=O) groups excluding carboxylic acids is 2. The third kappa shape index (κ3) is 5.07. The minimum Gasteiger partial charge on any atom is -0.335 e. The highest BCUT2D eigenvalue weighted by atomic mass is 35.5. The maximum atomic E-state index is 13.3. The maximum absolute atomic E-state index is 13.3. The summed E-state index contributed by atoms with van der Waals surface area (Å²) >= 11 is 7.56. The first kappa shape index (κ1) is 26.4. The van der Waals surface area contributed by atoms with Gasteiger partial charge in [0.25, 0.3) is 11.8 Å². The van der Waals surface area contributed by atoms with Gasteiger partial charge < -0.3 is 9.80 Å². The summed E-state index contributed by atoms with van der Waals surface area (Å²) in [6, 6.07) is 16.1. The van der Waals surface area contributed by atoms with E-state index in [2.05, 4.69) is 22.0 Å². The van der Waals surface area contributed by atoms with Gasteiger partial charge in [-0.3, -0.25) is 14.5 Å². The molecule has 1 aliphatic carbocycles. The summed E-state index contributed by atoms with van der Waals surface area (Å²) in [4.78, 5) is 36.2. The molecule has 2 aliphatic heterocycles. The quantitative estimate of drug-likeness (QED) is 0.335. The van der Waals surface area contributed by atoms with Crippen LogP contribution >= 0.6 is 22.9 Å². The number of benzene rings is 2. The molecule has 10 heteroatoms. The second kappa shape index (κ2) is 11.0. The molecule has 0 unspecified atom stereocenters. The van der Waals surface area contributed by atoms with Gasteiger partial charge in [0.2, 0.25) is 0 Å². The Morgan fingerprint density at radius 1 is 0.854 bits per heavy atom. The molecule has 3 aliphatic rings. The first-order valence-electron chi connectivity index (χ1n) is 14.2. The Morgan fingerprint density at radius 2 is 1.59 bits per heavy atom. The number of piperazine rings is 1. The molecule has 4 heterocycles. The Kier molecular flexibility index (Phi) is 7.10. The van der Waals surface area contributed by atoms with Crippen LogP contribution in [0.1, 0.15) is 44.3 Å². The molecule has 2 amide bonds. The first-order valence-corrected chi connectivity index (χ1v) is 15.5. The highest BCUT2D eigenvalue weighted by Crippen LogP contribution is 2.34. The number of aryl methyl sites for hydroxylation is 1. The van der Waals surface area contributed by atoms with E-state index >= 15 is 0 Å². The van der Waals surface area contributed by atoms with E-state index in [0.29, 0.717) is 47.8 Å². The van der Waals surface area contributed by atoms with Crippen LogP contribution in [0.4, 0.5) is 0 Å². The molecule has 2 fully saturated rings. The summed E-state index contributed by atoms with van der Waals surface area (Å²) in [6.07, 6.45) is 6.02. The normalized spacial score (nSPS) is 17.8. The summed E-state index contributed by atoms with van der Waals surface area (Å²) in [6.45, 7) is 4.46. The molecule has 8 nitrogen and oxygen atoms in total. The summed E-state index contributed by atoms with van der Waals surface area (Å²) in [5.74, 6) is 0.0761. The molecule has 2 aromatic heterocycles. The molecule has 2 aromatic carbocycles. The number of thiazole rings is 1. The molecular weight excluding hydrogens is 556 g/mol. The van der Waals surface area contributed by atoms with E-state index in [4.69, 9.17) is 16.7 Å². The van der Waals surface area contributed by atoms with Crippen LogP contribution in [0.2, 0.25) is 5.02 Å². The second-order valence-electron chi connectivity index (χ2n) is 11.0. The lowest BCUT2D eigenvalue weighted by molar-refractivity contribution is 0.00853. The maximum Gasteiger partial charge on any atom is 0.282 e. The van der Waals surface area contributed by atoms with Crippen LogP contribution in [0.25, 0.3) is 16.9 Å². The van der Waals surface area contributed by atoms with Gasteiger partial charge in [-0.05, 0) is 62.1 Å². The third-order valence-corrected chi connectivity index (χ3v) is 9.53. The number of hydrogen-bond donors (Lipinski definition) is 0. The van der Waals surface area contributed by atoms with E-state index in [-0.39, 0.29) is 11.8 Å². The van der Waals surface area contributed by atoms with Crippen molar-refractivity contribution >= 4 is 34.8 Å². The van der Waals surface area contributed by atoms with Crippen LogP contribution in [0.5, 0.6) is 0 Å². The van der Waals surface area contributed by atoms with Crippen molar-refractivity contribution < 1.29 is 9.59 Å². The molecule has 41 heavy (non-hydrogen) atoms. The number of rotatable bonds is 5. The fourth-order valence-corrected chi connectivity index (χ4v) is 6.91. The highest BCUT2D eigenvalue weighted by molar-refractivity contribution is 7.11. The van der Waals surface area contributed by atoms with Crippen molar-refractivity contribution in [3.8, 4) is 16.9 Å². The largest absolute Gasteiger partial charge is 0.335 e. The van der Waals surface area contributed by atoms with Crippen LogP contribution in [0.3, 0.4) is 0 Å². The lowest BCUT2D eigenvalue weighted by Crippen LogP contribution is -2.64. The molecule has 0 atom stereocenters. The van der Waals surface area contributed by atoms with E-state index in [9.17, 15) is 9.59 Å². The number of halogens is 1.